The molecule has 0 radical (unpaired) electrons. The van der Waals surface area contributed by atoms with Gasteiger partial charge in [-0.3, -0.25) is 0 Å². The molecule has 3 unspecified atom stereocenters. The number of allylic oxidation sites excluding steroid dienone is 1. The average molecular weight is 451 g/mol. The van der Waals surface area contributed by atoms with Gasteiger partial charge in [0.1, 0.15) is 0 Å². The fourth-order valence-corrected chi connectivity index (χ4v) is 5.16. The summed E-state index contributed by atoms with van der Waals surface area (Å²) in [4.78, 5) is 25.2. The molecular weight excluding hydrogens is 424 g/mol. The van der Waals surface area contributed by atoms with Gasteiger partial charge in [0.25, 0.3) is 0 Å². The van der Waals surface area contributed by atoms with Crippen LogP contribution in [-0.2, 0) is 9.53 Å². The van der Waals surface area contributed by atoms with Crippen molar-refractivity contribution < 1.29 is 19.4 Å². The molecule has 0 bridgehead atoms. The molecule has 1 saturated carbocycles. The minimum absolute atomic E-state index is 0.186. The summed E-state index contributed by atoms with van der Waals surface area (Å²) in [7, 11) is 1.39. The molecule has 1 aliphatic carbocycles. The molecule has 1 aromatic rings. The van der Waals surface area contributed by atoms with Gasteiger partial charge in [-0.25, -0.2) is 9.59 Å². The van der Waals surface area contributed by atoms with E-state index in [-0.39, 0.29) is 12.0 Å². The Kier molecular flexibility index (Phi) is 6.33. The SMILES string of the molecule is COC(=O)/C(=C(\C)NC(C)C1CC2CN(C(=O)O)CC2C1)c1ccccc1Br. The third-order valence-electron chi connectivity index (χ3n) is 6.12. The lowest BCUT2D eigenvalue weighted by Gasteiger charge is -2.25. The van der Waals surface area contributed by atoms with Gasteiger partial charge in [0.15, 0.2) is 0 Å². The highest BCUT2D eigenvalue weighted by atomic mass is 79.9. The Morgan fingerprint density at radius 2 is 1.86 bits per heavy atom. The molecule has 6 nitrogen and oxygen atoms in total. The number of benzene rings is 1. The predicted octanol–water partition coefficient (Wildman–Crippen LogP) is 3.97. The number of nitrogens with one attached hydrogen (secondary N) is 1. The number of carbonyl (C=O) groups is 2. The predicted molar refractivity (Wildman–Crippen MR) is 111 cm³/mol. The van der Waals surface area contributed by atoms with Gasteiger partial charge < -0.3 is 20.1 Å². The molecule has 7 heteroatoms. The van der Waals surface area contributed by atoms with Crippen LogP contribution >= 0.6 is 15.9 Å². The number of nitrogens with zero attached hydrogens (tertiary/aromatic N) is 1. The van der Waals surface area contributed by atoms with Crippen molar-refractivity contribution in [2.75, 3.05) is 20.2 Å². The average Bonchev–Trinajstić information content (AvgIpc) is 3.22. The van der Waals surface area contributed by atoms with Crippen molar-refractivity contribution in [3.8, 4) is 0 Å². The second kappa shape index (κ2) is 8.55. The van der Waals surface area contributed by atoms with Gasteiger partial charge in [-0.05, 0) is 50.5 Å². The van der Waals surface area contributed by atoms with Crippen molar-refractivity contribution in [3.05, 3.63) is 40.0 Å². The van der Waals surface area contributed by atoms with Crippen LogP contribution in [0.15, 0.2) is 34.4 Å². The van der Waals surface area contributed by atoms with E-state index in [2.05, 4.69) is 28.2 Å². The quantitative estimate of drug-likeness (QED) is 0.523. The smallest absolute Gasteiger partial charge is 0.407 e. The fourth-order valence-electron chi connectivity index (χ4n) is 4.67. The van der Waals surface area contributed by atoms with E-state index in [1.54, 1.807) is 0 Å². The molecule has 2 aliphatic rings. The Hall–Kier alpha value is -2.02. The zero-order chi connectivity index (χ0) is 20.4. The number of hydrogen-bond acceptors (Lipinski definition) is 4. The molecule has 1 saturated heterocycles. The van der Waals surface area contributed by atoms with E-state index in [1.165, 1.54) is 12.0 Å². The summed E-state index contributed by atoms with van der Waals surface area (Å²) in [5.74, 6) is 0.972. The van der Waals surface area contributed by atoms with Crippen molar-refractivity contribution in [1.82, 2.24) is 10.2 Å². The first kappa shape index (κ1) is 20.7. The molecule has 1 aliphatic heterocycles. The maximum Gasteiger partial charge on any atom is 0.407 e. The van der Waals surface area contributed by atoms with Gasteiger partial charge >= 0.3 is 12.1 Å². The van der Waals surface area contributed by atoms with Crippen molar-refractivity contribution in [1.29, 1.82) is 0 Å². The van der Waals surface area contributed by atoms with Crippen molar-refractivity contribution >= 4 is 33.6 Å². The molecule has 152 valence electrons. The number of likely N-dealkylation sites (tertiary alicyclic amines) is 1. The number of amides is 1. The topological polar surface area (TPSA) is 78.9 Å². The lowest BCUT2D eigenvalue weighted by atomic mass is 9.96. The summed E-state index contributed by atoms with van der Waals surface area (Å²) >= 11 is 3.52. The monoisotopic (exact) mass is 450 g/mol. The zero-order valence-corrected chi connectivity index (χ0v) is 18.0. The van der Waals surface area contributed by atoms with Crippen LogP contribution in [0.25, 0.3) is 5.57 Å². The van der Waals surface area contributed by atoms with E-state index in [0.717, 1.165) is 28.6 Å². The van der Waals surface area contributed by atoms with Crippen LogP contribution in [0.3, 0.4) is 0 Å². The van der Waals surface area contributed by atoms with Gasteiger partial charge in [-0.15, -0.1) is 0 Å². The molecule has 3 rings (SSSR count). The van der Waals surface area contributed by atoms with Crippen LogP contribution in [0.5, 0.6) is 0 Å². The highest BCUT2D eigenvalue weighted by Crippen LogP contribution is 2.43. The molecule has 1 amide bonds. The number of methoxy groups -OCH3 is 1. The molecule has 0 spiro atoms. The van der Waals surface area contributed by atoms with Gasteiger partial charge in [0.05, 0.1) is 12.7 Å². The van der Waals surface area contributed by atoms with Crippen LogP contribution in [0.2, 0.25) is 0 Å². The highest BCUT2D eigenvalue weighted by molar-refractivity contribution is 9.10. The first-order valence-corrected chi connectivity index (χ1v) is 10.4. The molecule has 1 heterocycles. The lowest BCUT2D eigenvalue weighted by molar-refractivity contribution is -0.133. The molecule has 3 atom stereocenters. The molecular formula is C21H27BrN2O4. The largest absolute Gasteiger partial charge is 0.465 e. The third kappa shape index (κ3) is 4.19. The minimum atomic E-state index is -0.813. The number of esters is 1. The van der Waals surface area contributed by atoms with E-state index in [9.17, 15) is 14.7 Å². The van der Waals surface area contributed by atoms with Gasteiger partial charge in [-0.2, -0.15) is 0 Å². The summed E-state index contributed by atoms with van der Waals surface area (Å²) in [6, 6.07) is 7.79. The maximum absolute atomic E-state index is 12.5. The maximum atomic E-state index is 12.5. The van der Waals surface area contributed by atoms with Gasteiger partial charge in [0, 0.05) is 34.9 Å². The van der Waals surface area contributed by atoms with Crippen LogP contribution in [0, 0.1) is 17.8 Å². The van der Waals surface area contributed by atoms with Crippen molar-refractivity contribution in [2.24, 2.45) is 17.8 Å². The normalized spacial score (nSPS) is 25.7. The van der Waals surface area contributed by atoms with Crippen LogP contribution in [-0.4, -0.2) is 48.3 Å². The van der Waals surface area contributed by atoms with E-state index < -0.39 is 6.09 Å². The number of fused-ring (bicyclic) bond motifs is 1. The lowest BCUT2D eigenvalue weighted by Crippen LogP contribution is -2.34. The standard InChI is InChI=1S/C21H27BrN2O4/c1-12(14-8-15-10-24(21(26)27)11-16(15)9-14)23-13(2)19(20(25)28-3)17-6-4-5-7-18(17)22/h4-7,12,14-16,23H,8-11H2,1-3H3,(H,26,27)/b19-13+. The summed E-state index contributed by atoms with van der Waals surface area (Å²) in [6.45, 7) is 5.33. The van der Waals surface area contributed by atoms with E-state index in [0.29, 0.717) is 36.4 Å². The summed E-state index contributed by atoms with van der Waals surface area (Å²) in [5.41, 5.74) is 2.11. The van der Waals surface area contributed by atoms with Crippen LogP contribution in [0.4, 0.5) is 4.79 Å². The van der Waals surface area contributed by atoms with Gasteiger partial charge in [0.2, 0.25) is 0 Å². The van der Waals surface area contributed by atoms with Crippen LogP contribution in [0.1, 0.15) is 32.3 Å². The minimum Gasteiger partial charge on any atom is -0.465 e. The second-order valence-corrected chi connectivity index (χ2v) is 8.70. The number of rotatable bonds is 5. The summed E-state index contributed by atoms with van der Waals surface area (Å²) in [6.07, 6.45) is 1.21. The Bertz CT molecular complexity index is 780. The van der Waals surface area contributed by atoms with E-state index >= 15 is 0 Å². The first-order valence-electron chi connectivity index (χ1n) is 9.60. The summed E-state index contributed by atoms with van der Waals surface area (Å²) in [5, 5.41) is 12.7. The Balaban J connectivity index is 1.73. The van der Waals surface area contributed by atoms with Crippen LogP contribution < -0.4 is 5.32 Å². The van der Waals surface area contributed by atoms with Crippen molar-refractivity contribution in [2.45, 2.75) is 32.7 Å². The molecule has 0 aromatic heterocycles. The molecule has 1 aromatic carbocycles. The molecule has 28 heavy (non-hydrogen) atoms. The van der Waals surface area contributed by atoms with E-state index in [4.69, 9.17) is 4.74 Å². The number of carboxylic acid groups (broad SMARTS) is 1. The Morgan fingerprint density at radius 3 is 2.39 bits per heavy atom. The molecule has 2 fully saturated rings. The Morgan fingerprint density at radius 1 is 1.25 bits per heavy atom. The van der Waals surface area contributed by atoms with Gasteiger partial charge in [-0.1, -0.05) is 34.1 Å². The molecule has 2 N–H and O–H groups in total. The summed E-state index contributed by atoms with van der Waals surface area (Å²) < 4.78 is 5.87. The zero-order valence-electron chi connectivity index (χ0n) is 16.4. The highest BCUT2D eigenvalue weighted by Gasteiger charge is 2.43. The third-order valence-corrected chi connectivity index (χ3v) is 6.81. The fraction of sp³-hybridized carbons (Fsp3) is 0.524. The van der Waals surface area contributed by atoms with Crippen molar-refractivity contribution in [3.63, 3.8) is 0 Å². The number of ether oxygens (including phenoxy) is 1. The first-order chi connectivity index (χ1) is 13.3. The number of carbonyl (C=O) groups excluding carboxylic acids is 1. The number of halogens is 1. The Labute approximate surface area is 174 Å². The number of hydrogen-bond donors (Lipinski definition) is 2. The van der Waals surface area contributed by atoms with E-state index in [1.807, 2.05) is 31.2 Å². The second-order valence-electron chi connectivity index (χ2n) is 7.84.